The third-order valence-electron chi connectivity index (χ3n) is 3.07. The minimum Gasteiger partial charge on any atom is -0.391 e. The molecule has 0 unspecified atom stereocenters. The van der Waals surface area contributed by atoms with Gasteiger partial charge in [0.15, 0.2) is 0 Å². The molecule has 0 aliphatic rings. The zero-order valence-corrected chi connectivity index (χ0v) is 11.9. The maximum atomic E-state index is 13.4. The molecule has 0 aliphatic heterocycles. The van der Waals surface area contributed by atoms with Gasteiger partial charge >= 0.3 is 0 Å². The summed E-state index contributed by atoms with van der Waals surface area (Å²) in [7, 11) is 0. The highest BCUT2D eigenvalue weighted by atomic mass is 19.1. The first kappa shape index (κ1) is 15.9. The van der Waals surface area contributed by atoms with Gasteiger partial charge in [-0.1, -0.05) is 66.7 Å². The van der Waals surface area contributed by atoms with E-state index in [0.717, 1.165) is 5.56 Å². The molecule has 22 heavy (non-hydrogen) atoms. The van der Waals surface area contributed by atoms with Crippen LogP contribution in [0.1, 0.15) is 5.56 Å². The molecule has 1 N–H and O–H groups in total. The quantitative estimate of drug-likeness (QED) is 0.720. The van der Waals surface area contributed by atoms with E-state index in [-0.39, 0.29) is 5.56 Å². The minimum absolute atomic E-state index is 0.292. The van der Waals surface area contributed by atoms with Crippen LogP contribution in [0, 0.1) is 11.6 Å². The van der Waals surface area contributed by atoms with E-state index in [1.54, 1.807) is 24.3 Å². The van der Waals surface area contributed by atoms with Gasteiger partial charge in [0.25, 0.3) is 0 Å². The molecule has 0 bridgehead atoms. The fourth-order valence-corrected chi connectivity index (χ4v) is 1.94. The van der Waals surface area contributed by atoms with Crippen molar-refractivity contribution in [3.63, 3.8) is 0 Å². The number of halogens is 2. The molecule has 0 radical (unpaired) electrons. The van der Waals surface area contributed by atoms with Crippen molar-refractivity contribution in [2.24, 2.45) is 0 Å². The highest BCUT2D eigenvalue weighted by molar-refractivity contribution is 5.63. The van der Waals surface area contributed by atoms with E-state index in [1.165, 1.54) is 12.1 Å². The zero-order chi connectivity index (χ0) is 15.8. The number of rotatable bonds is 2. The number of hydrogen-bond donors (Lipinski definition) is 1. The molecule has 3 aromatic rings. The molecule has 1 nitrogen and oxygen atoms in total. The molecule has 0 saturated carbocycles. The van der Waals surface area contributed by atoms with E-state index >= 15 is 0 Å². The second-order valence-electron chi connectivity index (χ2n) is 4.60. The molecule has 0 spiro atoms. The summed E-state index contributed by atoms with van der Waals surface area (Å²) in [5.41, 5.74) is 0.914. The Morgan fingerprint density at radius 3 is 1.45 bits per heavy atom. The van der Waals surface area contributed by atoms with Gasteiger partial charge in [0.1, 0.15) is 11.6 Å². The Bertz CT molecular complexity index is 647. The molecule has 0 saturated heterocycles. The number of aliphatic hydroxyl groups excluding tert-OH is 1. The lowest BCUT2D eigenvalue weighted by molar-refractivity contribution is 0.269. The summed E-state index contributed by atoms with van der Waals surface area (Å²) in [6.07, 6.45) is 0. The minimum atomic E-state index is -0.721. The van der Waals surface area contributed by atoms with Crippen LogP contribution < -0.4 is 0 Å². The van der Waals surface area contributed by atoms with Gasteiger partial charge in [0.05, 0.1) is 6.61 Å². The Morgan fingerprint density at radius 2 is 1.05 bits per heavy atom. The second-order valence-corrected chi connectivity index (χ2v) is 4.60. The van der Waals surface area contributed by atoms with Crippen LogP contribution in [0.3, 0.4) is 0 Å². The van der Waals surface area contributed by atoms with Crippen LogP contribution in [0.4, 0.5) is 8.78 Å². The van der Waals surface area contributed by atoms with Crippen molar-refractivity contribution in [3.05, 3.63) is 96.1 Å². The van der Waals surface area contributed by atoms with E-state index in [2.05, 4.69) is 0 Å². The summed E-state index contributed by atoms with van der Waals surface area (Å²) >= 11 is 0. The molecule has 0 fully saturated rings. The molecule has 0 aliphatic carbocycles. The van der Waals surface area contributed by atoms with E-state index in [1.807, 2.05) is 42.5 Å². The fraction of sp³-hybridized carbons (Fsp3) is 0.0526. The van der Waals surface area contributed by atoms with Crippen LogP contribution >= 0.6 is 0 Å². The summed E-state index contributed by atoms with van der Waals surface area (Å²) in [4.78, 5) is 0. The molecule has 3 heteroatoms. The predicted molar refractivity (Wildman–Crippen MR) is 84.2 cm³/mol. The molecule has 0 atom stereocenters. The molecule has 0 aromatic heterocycles. The molecule has 0 heterocycles. The Morgan fingerprint density at radius 1 is 0.636 bits per heavy atom. The van der Waals surface area contributed by atoms with Crippen LogP contribution in [0.15, 0.2) is 78.9 Å². The second kappa shape index (κ2) is 8.05. The Labute approximate surface area is 128 Å². The van der Waals surface area contributed by atoms with Gasteiger partial charge in [-0.2, -0.15) is 0 Å². The lowest BCUT2D eigenvalue weighted by Gasteiger charge is -2.06. The van der Waals surface area contributed by atoms with Crippen molar-refractivity contribution in [1.29, 1.82) is 0 Å². The molecule has 3 rings (SSSR count). The Kier molecular flexibility index (Phi) is 5.81. The predicted octanol–water partition coefficient (Wildman–Crippen LogP) is 4.81. The van der Waals surface area contributed by atoms with Crippen LogP contribution in [0.25, 0.3) is 11.1 Å². The maximum absolute atomic E-state index is 13.4. The lowest BCUT2D eigenvalue weighted by Crippen LogP contribution is -1.96. The van der Waals surface area contributed by atoms with Gasteiger partial charge in [0, 0.05) is 5.56 Å². The Balaban J connectivity index is 0.000000246. The number of hydrogen-bond acceptors (Lipinski definition) is 1. The van der Waals surface area contributed by atoms with Crippen molar-refractivity contribution >= 4 is 0 Å². The number of benzene rings is 3. The highest BCUT2D eigenvalue weighted by Crippen LogP contribution is 2.24. The topological polar surface area (TPSA) is 20.2 Å². The van der Waals surface area contributed by atoms with Gasteiger partial charge in [-0.25, -0.2) is 8.78 Å². The van der Waals surface area contributed by atoms with E-state index in [9.17, 15) is 8.78 Å². The third-order valence-corrected chi connectivity index (χ3v) is 3.07. The third kappa shape index (κ3) is 4.24. The van der Waals surface area contributed by atoms with Crippen molar-refractivity contribution in [2.45, 2.75) is 6.61 Å². The van der Waals surface area contributed by atoms with Crippen LogP contribution in [0.5, 0.6) is 0 Å². The fourth-order valence-electron chi connectivity index (χ4n) is 1.94. The summed E-state index contributed by atoms with van der Waals surface area (Å²) < 4.78 is 26.8. The highest BCUT2D eigenvalue weighted by Gasteiger charge is 2.10. The van der Waals surface area contributed by atoms with Crippen molar-refractivity contribution in [1.82, 2.24) is 0 Å². The maximum Gasteiger partial charge on any atom is 0.132 e. The molecule has 0 amide bonds. The zero-order valence-electron chi connectivity index (χ0n) is 11.9. The van der Waals surface area contributed by atoms with Crippen molar-refractivity contribution in [2.75, 3.05) is 0 Å². The largest absolute Gasteiger partial charge is 0.391 e. The first-order valence-corrected chi connectivity index (χ1v) is 6.86. The van der Waals surface area contributed by atoms with Crippen molar-refractivity contribution < 1.29 is 13.9 Å². The van der Waals surface area contributed by atoms with Gasteiger partial charge in [-0.3, -0.25) is 0 Å². The van der Waals surface area contributed by atoms with E-state index < -0.39 is 18.2 Å². The van der Waals surface area contributed by atoms with Gasteiger partial charge in [-0.15, -0.1) is 0 Å². The average Bonchev–Trinajstić information content (AvgIpc) is 2.57. The lowest BCUT2D eigenvalue weighted by atomic mass is 10.0. The summed E-state index contributed by atoms with van der Waals surface area (Å²) in [6, 6.07) is 23.4. The number of aliphatic hydroxyl groups is 1. The molecular formula is C19H16F2O. The monoisotopic (exact) mass is 298 g/mol. The smallest absolute Gasteiger partial charge is 0.132 e. The molecule has 112 valence electrons. The van der Waals surface area contributed by atoms with E-state index in [4.69, 9.17) is 5.11 Å². The molecule has 3 aromatic carbocycles. The summed E-state index contributed by atoms with van der Waals surface area (Å²) in [5.74, 6) is -1.44. The standard InChI is InChI=1S/C13H10F2O.C6H6/c14-12-6-10(7-13(15)11(12)8-16)9-4-2-1-3-5-9;1-2-4-6-5-3-1/h1-7,16H,8H2;1-6H. The van der Waals surface area contributed by atoms with Crippen LogP contribution in [-0.2, 0) is 6.61 Å². The molecular weight excluding hydrogens is 282 g/mol. The van der Waals surface area contributed by atoms with Gasteiger partial charge in [-0.05, 0) is 23.3 Å². The summed E-state index contributed by atoms with van der Waals surface area (Å²) in [5, 5.41) is 8.78. The van der Waals surface area contributed by atoms with Crippen molar-refractivity contribution in [3.8, 4) is 11.1 Å². The van der Waals surface area contributed by atoms with E-state index in [0.29, 0.717) is 5.56 Å². The van der Waals surface area contributed by atoms with Crippen LogP contribution in [-0.4, -0.2) is 5.11 Å². The first-order chi connectivity index (χ1) is 10.7. The first-order valence-electron chi connectivity index (χ1n) is 6.86. The normalized spacial score (nSPS) is 9.77. The van der Waals surface area contributed by atoms with Gasteiger partial charge in [0.2, 0.25) is 0 Å². The summed E-state index contributed by atoms with van der Waals surface area (Å²) in [6.45, 7) is -0.632. The average molecular weight is 298 g/mol. The van der Waals surface area contributed by atoms with Crippen LogP contribution in [0.2, 0.25) is 0 Å². The SMILES string of the molecule is OCc1c(F)cc(-c2ccccc2)cc1F.c1ccccc1. The van der Waals surface area contributed by atoms with Gasteiger partial charge < -0.3 is 5.11 Å². The Hall–Kier alpha value is -2.52.